The Morgan fingerprint density at radius 1 is 1.44 bits per heavy atom. The molecule has 0 saturated heterocycles. The van der Waals surface area contributed by atoms with E-state index in [4.69, 9.17) is 16.3 Å². The Morgan fingerprint density at radius 3 is 2.88 bits per heavy atom. The predicted octanol–water partition coefficient (Wildman–Crippen LogP) is 1.48. The summed E-state index contributed by atoms with van der Waals surface area (Å²) in [5.74, 6) is 0.454. The van der Waals surface area contributed by atoms with Gasteiger partial charge in [-0.2, -0.15) is 0 Å². The third-order valence-electron chi connectivity index (χ3n) is 1.79. The summed E-state index contributed by atoms with van der Waals surface area (Å²) in [4.78, 5) is 11.0. The number of halogens is 1. The fourth-order valence-electron chi connectivity index (χ4n) is 1.10. The van der Waals surface area contributed by atoms with E-state index >= 15 is 0 Å². The number of hydrogen-bond acceptors (Lipinski definition) is 3. The van der Waals surface area contributed by atoms with Gasteiger partial charge in [0, 0.05) is 7.11 Å². The van der Waals surface area contributed by atoms with E-state index in [1.165, 1.54) is 7.11 Å². The molecule has 1 aromatic carbocycles. The van der Waals surface area contributed by atoms with Crippen LogP contribution in [0, 0.1) is 0 Å². The number of carbonyl (C=O) groups is 1. The molecule has 16 heavy (non-hydrogen) atoms. The first-order chi connectivity index (χ1) is 7.74. The highest BCUT2D eigenvalue weighted by atomic mass is 35.5. The van der Waals surface area contributed by atoms with E-state index < -0.39 is 0 Å². The van der Waals surface area contributed by atoms with Crippen LogP contribution in [-0.4, -0.2) is 32.8 Å². The molecule has 0 radical (unpaired) electrons. The number of para-hydroxylation sites is 1. The summed E-state index contributed by atoms with van der Waals surface area (Å²) in [6, 6.07) is 7.19. The zero-order chi connectivity index (χ0) is 11.8. The van der Waals surface area contributed by atoms with Gasteiger partial charge >= 0.3 is 0 Å². The molecule has 0 aliphatic rings. The minimum atomic E-state index is -0.162. The first-order valence-corrected chi connectivity index (χ1v) is 5.25. The van der Waals surface area contributed by atoms with Crippen molar-refractivity contribution in [2.45, 2.75) is 0 Å². The second-order valence-electron chi connectivity index (χ2n) is 3.06. The summed E-state index contributed by atoms with van der Waals surface area (Å²) in [6.07, 6.45) is 0. The normalized spacial score (nSPS) is 9.88. The highest BCUT2D eigenvalue weighted by molar-refractivity contribution is 6.32. The van der Waals surface area contributed by atoms with Gasteiger partial charge in [0.1, 0.15) is 19.0 Å². The minimum Gasteiger partial charge on any atom is -0.490 e. The lowest BCUT2D eigenvalue weighted by Gasteiger charge is -2.08. The van der Waals surface area contributed by atoms with Crippen molar-refractivity contribution in [3.05, 3.63) is 29.3 Å². The van der Waals surface area contributed by atoms with Crippen LogP contribution in [0.3, 0.4) is 0 Å². The Hall–Kier alpha value is -1.26. The number of methoxy groups -OCH3 is 1. The highest BCUT2D eigenvalue weighted by Gasteiger charge is 2.01. The number of hydrogen-bond donors (Lipinski definition) is 1. The third-order valence-corrected chi connectivity index (χ3v) is 2.11. The van der Waals surface area contributed by atoms with Gasteiger partial charge in [0.2, 0.25) is 5.91 Å². The molecule has 0 aliphatic carbocycles. The quantitative estimate of drug-likeness (QED) is 0.770. The van der Waals surface area contributed by atoms with Gasteiger partial charge in [0.05, 0.1) is 11.6 Å². The van der Waals surface area contributed by atoms with E-state index in [9.17, 15) is 4.79 Å². The van der Waals surface area contributed by atoms with Crippen molar-refractivity contribution in [3.63, 3.8) is 0 Å². The van der Waals surface area contributed by atoms with E-state index in [2.05, 4.69) is 10.1 Å². The number of rotatable bonds is 6. The number of benzene rings is 1. The summed E-state index contributed by atoms with van der Waals surface area (Å²) in [7, 11) is 1.47. The lowest BCUT2D eigenvalue weighted by molar-refractivity contribution is -0.124. The molecule has 0 heterocycles. The molecule has 0 spiro atoms. The minimum absolute atomic E-state index is 0.0616. The van der Waals surface area contributed by atoms with E-state index in [0.717, 1.165) is 0 Å². The van der Waals surface area contributed by atoms with Crippen molar-refractivity contribution in [2.75, 3.05) is 26.9 Å². The molecule has 1 aromatic rings. The van der Waals surface area contributed by atoms with Crippen LogP contribution in [0.25, 0.3) is 0 Å². The topological polar surface area (TPSA) is 47.6 Å². The van der Waals surface area contributed by atoms with Crippen molar-refractivity contribution in [2.24, 2.45) is 0 Å². The second kappa shape index (κ2) is 7.09. The van der Waals surface area contributed by atoms with Crippen molar-refractivity contribution in [3.8, 4) is 5.75 Å². The Balaban J connectivity index is 2.21. The molecule has 0 aliphatic heterocycles. The molecule has 0 unspecified atom stereocenters. The first-order valence-electron chi connectivity index (χ1n) is 4.87. The van der Waals surface area contributed by atoms with Gasteiger partial charge in [-0.25, -0.2) is 0 Å². The van der Waals surface area contributed by atoms with Crippen LogP contribution in [0.1, 0.15) is 0 Å². The molecule has 1 N–H and O–H groups in total. The van der Waals surface area contributed by atoms with Gasteiger partial charge < -0.3 is 14.8 Å². The monoisotopic (exact) mass is 243 g/mol. The molecule has 1 amide bonds. The van der Waals surface area contributed by atoms with Gasteiger partial charge in [-0.15, -0.1) is 0 Å². The molecule has 88 valence electrons. The fourth-order valence-corrected chi connectivity index (χ4v) is 1.29. The van der Waals surface area contributed by atoms with Gasteiger partial charge in [-0.1, -0.05) is 23.7 Å². The summed E-state index contributed by atoms with van der Waals surface area (Å²) in [6.45, 7) is 0.860. The molecule has 0 bridgehead atoms. The molecular formula is C11H14ClNO3. The average molecular weight is 244 g/mol. The van der Waals surface area contributed by atoms with Crippen LogP contribution in [0.5, 0.6) is 5.75 Å². The Bertz CT molecular complexity index is 344. The lowest BCUT2D eigenvalue weighted by Crippen LogP contribution is -2.30. The first kappa shape index (κ1) is 12.8. The van der Waals surface area contributed by atoms with Gasteiger partial charge in [0.25, 0.3) is 0 Å². The van der Waals surface area contributed by atoms with Gasteiger partial charge in [-0.3, -0.25) is 4.79 Å². The maximum Gasteiger partial charge on any atom is 0.246 e. The number of carbonyl (C=O) groups excluding carboxylic acids is 1. The van der Waals surface area contributed by atoms with Crippen molar-refractivity contribution >= 4 is 17.5 Å². The number of amides is 1. The molecule has 0 atom stereocenters. The molecule has 0 aromatic heterocycles. The average Bonchev–Trinajstić information content (AvgIpc) is 2.27. The lowest BCUT2D eigenvalue weighted by atomic mass is 10.3. The molecule has 0 fully saturated rings. The van der Waals surface area contributed by atoms with Crippen molar-refractivity contribution < 1.29 is 14.3 Å². The Kier molecular flexibility index (Phi) is 5.67. The van der Waals surface area contributed by atoms with E-state index in [0.29, 0.717) is 23.9 Å². The fraction of sp³-hybridized carbons (Fsp3) is 0.364. The van der Waals surface area contributed by atoms with Crippen LogP contribution in [-0.2, 0) is 9.53 Å². The highest BCUT2D eigenvalue weighted by Crippen LogP contribution is 2.22. The predicted molar refractivity (Wildman–Crippen MR) is 61.8 cm³/mol. The molecule has 1 rings (SSSR count). The van der Waals surface area contributed by atoms with Gasteiger partial charge in [-0.05, 0) is 12.1 Å². The van der Waals surface area contributed by atoms with Crippen LogP contribution >= 0.6 is 11.6 Å². The Morgan fingerprint density at radius 2 is 2.19 bits per heavy atom. The van der Waals surface area contributed by atoms with Crippen LogP contribution in [0.4, 0.5) is 0 Å². The van der Waals surface area contributed by atoms with Crippen molar-refractivity contribution in [1.29, 1.82) is 0 Å². The standard InChI is InChI=1S/C11H14ClNO3/c1-15-8-11(14)13-6-7-16-10-5-3-2-4-9(10)12/h2-5H,6-8H2,1H3,(H,13,14). The number of nitrogens with one attached hydrogen (secondary N) is 1. The summed E-state index contributed by atoms with van der Waals surface area (Å²) < 4.78 is 10.0. The summed E-state index contributed by atoms with van der Waals surface area (Å²) in [5, 5.41) is 3.20. The molecule has 5 heteroatoms. The third kappa shape index (κ3) is 4.51. The van der Waals surface area contributed by atoms with Gasteiger partial charge in [0.15, 0.2) is 0 Å². The smallest absolute Gasteiger partial charge is 0.246 e. The SMILES string of the molecule is COCC(=O)NCCOc1ccccc1Cl. The number of ether oxygens (including phenoxy) is 2. The Labute approximate surface area is 99.5 Å². The molecule has 4 nitrogen and oxygen atoms in total. The maximum atomic E-state index is 11.0. The van der Waals surface area contributed by atoms with E-state index in [1.807, 2.05) is 12.1 Å². The molecule has 0 saturated carbocycles. The van der Waals surface area contributed by atoms with E-state index in [-0.39, 0.29) is 12.5 Å². The summed E-state index contributed by atoms with van der Waals surface area (Å²) in [5.41, 5.74) is 0. The van der Waals surface area contributed by atoms with Crippen LogP contribution in [0.2, 0.25) is 5.02 Å². The maximum absolute atomic E-state index is 11.0. The van der Waals surface area contributed by atoms with Crippen molar-refractivity contribution in [1.82, 2.24) is 5.32 Å². The zero-order valence-corrected chi connectivity index (χ0v) is 9.79. The zero-order valence-electron chi connectivity index (χ0n) is 9.03. The van der Waals surface area contributed by atoms with E-state index in [1.54, 1.807) is 12.1 Å². The summed E-state index contributed by atoms with van der Waals surface area (Å²) >= 11 is 5.88. The largest absolute Gasteiger partial charge is 0.490 e. The van der Waals surface area contributed by atoms with Crippen LogP contribution in [0.15, 0.2) is 24.3 Å². The second-order valence-corrected chi connectivity index (χ2v) is 3.47. The molecular weight excluding hydrogens is 230 g/mol. The van der Waals surface area contributed by atoms with Crippen LogP contribution < -0.4 is 10.1 Å².